The van der Waals surface area contributed by atoms with E-state index >= 15 is 0 Å². The van der Waals surface area contributed by atoms with Gasteiger partial charge in [0.15, 0.2) is 11.9 Å². The van der Waals surface area contributed by atoms with Crippen molar-refractivity contribution in [2.75, 3.05) is 5.88 Å². The zero-order valence-corrected chi connectivity index (χ0v) is 25.0. The van der Waals surface area contributed by atoms with Gasteiger partial charge in [-0.2, -0.15) is 0 Å². The van der Waals surface area contributed by atoms with Crippen molar-refractivity contribution < 1.29 is 37.3 Å². The highest BCUT2D eigenvalue weighted by Crippen LogP contribution is 2.38. The van der Waals surface area contributed by atoms with Gasteiger partial charge in [-0.25, -0.2) is 4.79 Å². The van der Waals surface area contributed by atoms with Crippen LogP contribution >= 0.6 is 23.2 Å². The highest BCUT2D eigenvalue weighted by atomic mass is 35.5. The third-order valence-corrected chi connectivity index (χ3v) is 6.32. The molecule has 0 amide bonds. The van der Waals surface area contributed by atoms with Crippen molar-refractivity contribution in [2.45, 2.75) is 66.5 Å². The molecule has 3 rings (SSSR count). The van der Waals surface area contributed by atoms with Crippen molar-refractivity contribution in [1.82, 2.24) is 4.57 Å². The highest BCUT2D eigenvalue weighted by molar-refractivity contribution is 6.32. The SMILES string of the molecule is C/C=C(\CC/C=C\CCl)Oc1c(C)n(Cc2ccc(Cl)c(OC(C)C(=O)O)c2)c2cc(OC(F)(F)F)ccc12.CC. The monoisotopic (exact) mass is 615 g/mol. The van der Waals surface area contributed by atoms with E-state index in [1.807, 2.05) is 39.0 Å². The average Bonchev–Trinajstić information content (AvgIpc) is 3.17. The predicted molar refractivity (Wildman–Crippen MR) is 156 cm³/mol. The van der Waals surface area contributed by atoms with Gasteiger partial charge < -0.3 is 23.9 Å². The second kappa shape index (κ2) is 15.6. The number of carboxylic acids is 1. The molecular formula is C30H34Cl2F3NO5. The molecule has 1 N–H and O–H groups in total. The zero-order valence-electron chi connectivity index (χ0n) is 23.5. The van der Waals surface area contributed by atoms with Gasteiger partial charge in [0.05, 0.1) is 16.2 Å². The standard InChI is InChI=1S/C28H28Cl2F3NO5.C2H6/c1-4-20(8-6-5-7-13-29)38-26-17(2)34(24-15-21(10-11-22(24)26)39-28(31,32)33)16-19-9-12-23(30)25(14-19)37-18(3)27(35)36;1-2/h4-5,7,9-12,14-15,18H,6,8,13,16H2,1-3H3,(H,35,36);1-2H3/b7-5-,20-4+;. The third-order valence-electron chi connectivity index (χ3n) is 5.83. The number of benzene rings is 2. The van der Waals surface area contributed by atoms with Gasteiger partial charge in [-0.1, -0.05) is 43.7 Å². The van der Waals surface area contributed by atoms with Crippen molar-refractivity contribution >= 4 is 40.1 Å². The number of nitrogens with zero attached hydrogens (tertiary/aromatic N) is 1. The van der Waals surface area contributed by atoms with Crippen molar-refractivity contribution in [2.24, 2.45) is 0 Å². The lowest BCUT2D eigenvalue weighted by Gasteiger charge is -2.15. The molecule has 1 heterocycles. The fourth-order valence-electron chi connectivity index (χ4n) is 3.91. The van der Waals surface area contributed by atoms with Crippen LogP contribution < -0.4 is 14.2 Å². The molecule has 0 radical (unpaired) electrons. The first-order valence-corrected chi connectivity index (χ1v) is 13.9. The predicted octanol–water partition coefficient (Wildman–Crippen LogP) is 9.29. The molecule has 0 bridgehead atoms. The molecule has 0 fully saturated rings. The molecule has 3 aromatic rings. The van der Waals surface area contributed by atoms with Gasteiger partial charge in [0.2, 0.25) is 0 Å². The minimum absolute atomic E-state index is 0.178. The number of carbonyl (C=O) groups is 1. The van der Waals surface area contributed by atoms with Crippen molar-refractivity contribution in [1.29, 1.82) is 0 Å². The molecular weight excluding hydrogens is 582 g/mol. The Bertz CT molecular complexity index is 1380. The number of hydrogen-bond donors (Lipinski definition) is 1. The van der Waals surface area contributed by atoms with E-state index < -0.39 is 18.4 Å². The van der Waals surface area contributed by atoms with Gasteiger partial charge in [-0.3, -0.25) is 0 Å². The Balaban J connectivity index is 0.00000287. The molecule has 0 spiro atoms. The smallest absolute Gasteiger partial charge is 0.479 e. The van der Waals surface area contributed by atoms with Gasteiger partial charge in [0, 0.05) is 30.3 Å². The minimum atomic E-state index is -4.85. The Morgan fingerprint density at radius 2 is 1.85 bits per heavy atom. The number of aliphatic carboxylic acids is 1. The van der Waals surface area contributed by atoms with E-state index in [0.717, 1.165) is 0 Å². The second-order valence-corrected chi connectivity index (χ2v) is 9.33. The number of allylic oxidation sites excluding steroid dienone is 4. The number of aromatic nitrogens is 1. The normalized spacial score (nSPS) is 12.7. The van der Waals surface area contributed by atoms with Gasteiger partial charge in [0.25, 0.3) is 0 Å². The molecule has 0 saturated carbocycles. The zero-order chi connectivity index (χ0) is 30.7. The summed E-state index contributed by atoms with van der Waals surface area (Å²) in [6, 6.07) is 8.98. The number of ether oxygens (including phenoxy) is 3. The maximum atomic E-state index is 13.0. The molecule has 1 unspecified atom stereocenters. The van der Waals surface area contributed by atoms with E-state index in [0.29, 0.717) is 52.4 Å². The molecule has 6 nitrogen and oxygen atoms in total. The fourth-order valence-corrected chi connectivity index (χ4v) is 4.19. The quantitative estimate of drug-likeness (QED) is 0.125. The highest BCUT2D eigenvalue weighted by Gasteiger charge is 2.31. The van der Waals surface area contributed by atoms with Crippen LogP contribution in [0.15, 0.2) is 60.4 Å². The number of carboxylic acid groups (broad SMARTS) is 1. The number of alkyl halides is 4. The summed E-state index contributed by atoms with van der Waals surface area (Å²) in [6.07, 6.45) is 0.952. The summed E-state index contributed by atoms with van der Waals surface area (Å²) in [5, 5.41) is 10.0. The third kappa shape index (κ3) is 9.64. The van der Waals surface area contributed by atoms with Crippen LogP contribution in [0.25, 0.3) is 10.9 Å². The summed E-state index contributed by atoms with van der Waals surface area (Å²) >= 11 is 11.9. The summed E-state index contributed by atoms with van der Waals surface area (Å²) in [7, 11) is 0. The summed E-state index contributed by atoms with van der Waals surface area (Å²) in [4.78, 5) is 11.2. The minimum Gasteiger partial charge on any atom is -0.479 e. The fraction of sp³-hybridized carbons (Fsp3) is 0.367. The van der Waals surface area contributed by atoms with Crippen molar-refractivity contribution in [3.63, 3.8) is 0 Å². The van der Waals surface area contributed by atoms with Crippen molar-refractivity contribution in [3.05, 3.63) is 76.7 Å². The van der Waals surface area contributed by atoms with E-state index in [1.165, 1.54) is 25.1 Å². The Morgan fingerprint density at radius 3 is 2.46 bits per heavy atom. The molecule has 1 atom stereocenters. The Labute approximate surface area is 247 Å². The van der Waals surface area contributed by atoms with Crippen molar-refractivity contribution in [3.8, 4) is 17.2 Å². The molecule has 2 aromatic carbocycles. The van der Waals surface area contributed by atoms with Crippen LogP contribution in [-0.2, 0) is 11.3 Å². The largest absolute Gasteiger partial charge is 0.573 e. The maximum absolute atomic E-state index is 13.0. The van der Waals surface area contributed by atoms with E-state index in [1.54, 1.807) is 29.7 Å². The van der Waals surface area contributed by atoms with E-state index in [-0.39, 0.29) is 23.1 Å². The summed E-state index contributed by atoms with van der Waals surface area (Å²) < 4.78 is 56.6. The molecule has 0 aliphatic rings. The van der Waals surface area contributed by atoms with E-state index in [9.17, 15) is 23.1 Å². The molecule has 11 heteroatoms. The van der Waals surface area contributed by atoms with E-state index in [2.05, 4.69) is 4.74 Å². The lowest BCUT2D eigenvalue weighted by atomic mass is 10.2. The van der Waals surface area contributed by atoms with Crippen LogP contribution in [0.1, 0.15) is 51.8 Å². The molecule has 1 aromatic heterocycles. The number of halogens is 5. The average molecular weight is 617 g/mol. The summed E-state index contributed by atoms with van der Waals surface area (Å²) in [5.41, 5.74) is 1.80. The molecule has 224 valence electrons. The number of fused-ring (bicyclic) bond motifs is 1. The topological polar surface area (TPSA) is 69.9 Å². The van der Waals surface area contributed by atoms with Gasteiger partial charge >= 0.3 is 12.3 Å². The summed E-state index contributed by atoms with van der Waals surface area (Å²) in [6.45, 7) is 9.24. The first-order chi connectivity index (χ1) is 19.4. The Morgan fingerprint density at radius 1 is 1.15 bits per heavy atom. The van der Waals surface area contributed by atoms with E-state index in [4.69, 9.17) is 32.7 Å². The Kier molecular flexibility index (Phi) is 12.9. The van der Waals surface area contributed by atoms with Crippen LogP contribution in [0.4, 0.5) is 13.2 Å². The van der Waals surface area contributed by atoms with Gasteiger partial charge in [-0.05, 0) is 63.1 Å². The first-order valence-electron chi connectivity index (χ1n) is 13.0. The molecule has 0 aliphatic carbocycles. The van der Waals surface area contributed by atoms with Crippen LogP contribution in [-0.4, -0.2) is 34.0 Å². The Hall–Kier alpha value is -3.30. The first kappa shape index (κ1) is 33.9. The molecule has 0 aliphatic heterocycles. The van der Waals surface area contributed by atoms with Crippen LogP contribution in [0, 0.1) is 6.92 Å². The number of hydrogen-bond acceptors (Lipinski definition) is 4. The van der Waals surface area contributed by atoms with Crippen LogP contribution in [0.5, 0.6) is 17.2 Å². The second-order valence-electron chi connectivity index (χ2n) is 8.61. The molecule has 41 heavy (non-hydrogen) atoms. The molecule has 0 saturated heterocycles. The number of rotatable bonds is 12. The van der Waals surface area contributed by atoms with Crippen LogP contribution in [0.2, 0.25) is 5.02 Å². The van der Waals surface area contributed by atoms with Crippen LogP contribution in [0.3, 0.4) is 0 Å². The summed E-state index contributed by atoms with van der Waals surface area (Å²) in [5.74, 6) is 0.263. The maximum Gasteiger partial charge on any atom is 0.573 e. The van der Waals surface area contributed by atoms with Gasteiger partial charge in [0.1, 0.15) is 17.3 Å². The lowest BCUT2D eigenvalue weighted by Crippen LogP contribution is -2.23. The van der Waals surface area contributed by atoms with Gasteiger partial charge in [-0.15, -0.1) is 24.8 Å². The lowest BCUT2D eigenvalue weighted by molar-refractivity contribution is -0.274.